The molecule has 0 amide bonds. The number of hydroxylamine groups is 1. The number of halogens is 1. The lowest BCUT2D eigenvalue weighted by molar-refractivity contribution is -0.0721. The molecule has 3 rings (SSSR count). The number of benzene rings is 1. The maximum atomic E-state index is 5.88. The Morgan fingerprint density at radius 2 is 1.83 bits per heavy atom. The number of hydrogen-bond donors (Lipinski definition) is 1. The van der Waals surface area contributed by atoms with Crippen LogP contribution in [0.1, 0.15) is 44.1 Å². The van der Waals surface area contributed by atoms with E-state index in [1.165, 1.54) is 43.4 Å². The predicted molar refractivity (Wildman–Crippen MR) is 74.1 cm³/mol. The summed E-state index contributed by atoms with van der Waals surface area (Å²) in [6, 6.07) is 7.89. The van der Waals surface area contributed by atoms with Gasteiger partial charge in [-0.3, -0.25) is 10.3 Å². The third kappa shape index (κ3) is 2.55. The second-order valence-electron chi connectivity index (χ2n) is 5.35. The molecule has 0 aromatic heterocycles. The standard InChI is InChI=1S/C15H18ClNO/c16-13-6-4-12(5-7-13)10-14-11-15(18-17-14)8-2-1-3-9-15/h4-7,10,17H,1-3,8-9,11H2. The van der Waals surface area contributed by atoms with E-state index in [4.69, 9.17) is 16.4 Å². The molecule has 0 radical (unpaired) electrons. The van der Waals surface area contributed by atoms with E-state index in [1.807, 2.05) is 24.3 Å². The van der Waals surface area contributed by atoms with Crippen molar-refractivity contribution in [3.63, 3.8) is 0 Å². The molecule has 1 saturated carbocycles. The summed E-state index contributed by atoms with van der Waals surface area (Å²) in [5.74, 6) is 0. The van der Waals surface area contributed by atoms with Gasteiger partial charge in [-0.15, -0.1) is 0 Å². The predicted octanol–water partition coefficient (Wildman–Crippen LogP) is 4.31. The van der Waals surface area contributed by atoms with Gasteiger partial charge in [-0.1, -0.05) is 43.0 Å². The largest absolute Gasteiger partial charge is 0.270 e. The van der Waals surface area contributed by atoms with Crippen LogP contribution in [0.25, 0.3) is 6.08 Å². The van der Waals surface area contributed by atoms with Gasteiger partial charge in [-0.05, 0) is 36.6 Å². The van der Waals surface area contributed by atoms with E-state index >= 15 is 0 Å². The van der Waals surface area contributed by atoms with Gasteiger partial charge in [0.25, 0.3) is 0 Å². The monoisotopic (exact) mass is 263 g/mol. The van der Waals surface area contributed by atoms with Gasteiger partial charge in [0.2, 0.25) is 0 Å². The van der Waals surface area contributed by atoms with Crippen LogP contribution in [0.4, 0.5) is 0 Å². The molecule has 1 aliphatic heterocycles. The maximum absolute atomic E-state index is 5.88. The summed E-state index contributed by atoms with van der Waals surface area (Å²) in [6.45, 7) is 0. The van der Waals surface area contributed by atoms with Crippen LogP contribution in [0.15, 0.2) is 30.0 Å². The highest BCUT2D eigenvalue weighted by atomic mass is 35.5. The summed E-state index contributed by atoms with van der Waals surface area (Å²) in [6.07, 6.45) is 9.44. The molecule has 1 aromatic rings. The van der Waals surface area contributed by atoms with Crippen LogP contribution in [0.3, 0.4) is 0 Å². The molecule has 96 valence electrons. The molecule has 1 N–H and O–H groups in total. The first-order valence-electron chi connectivity index (χ1n) is 6.66. The maximum Gasteiger partial charge on any atom is 0.101 e. The Labute approximate surface area is 113 Å². The molecule has 0 unspecified atom stereocenters. The highest BCUT2D eigenvalue weighted by Crippen LogP contribution is 2.39. The first-order chi connectivity index (χ1) is 8.76. The van der Waals surface area contributed by atoms with Gasteiger partial charge in [0.05, 0.1) is 0 Å². The van der Waals surface area contributed by atoms with E-state index in [0.717, 1.165) is 11.4 Å². The van der Waals surface area contributed by atoms with Crippen LogP contribution in [-0.2, 0) is 4.84 Å². The van der Waals surface area contributed by atoms with Crippen molar-refractivity contribution >= 4 is 17.7 Å². The second kappa shape index (κ2) is 4.94. The third-order valence-corrected chi connectivity index (χ3v) is 4.14. The van der Waals surface area contributed by atoms with Crippen LogP contribution in [-0.4, -0.2) is 5.60 Å². The molecule has 18 heavy (non-hydrogen) atoms. The number of nitrogens with one attached hydrogen (secondary N) is 1. The summed E-state index contributed by atoms with van der Waals surface area (Å²) < 4.78 is 0. The lowest BCUT2D eigenvalue weighted by atomic mass is 9.82. The molecule has 2 fully saturated rings. The Morgan fingerprint density at radius 3 is 2.56 bits per heavy atom. The van der Waals surface area contributed by atoms with Gasteiger partial charge in [0, 0.05) is 17.1 Å². The van der Waals surface area contributed by atoms with Gasteiger partial charge >= 0.3 is 0 Å². The molecule has 1 saturated heterocycles. The van der Waals surface area contributed by atoms with Crippen LogP contribution in [0.5, 0.6) is 0 Å². The molecule has 1 heterocycles. The van der Waals surface area contributed by atoms with Crippen molar-refractivity contribution in [2.24, 2.45) is 0 Å². The minimum absolute atomic E-state index is 0.0660. The van der Waals surface area contributed by atoms with Crippen molar-refractivity contribution < 1.29 is 4.84 Å². The molecule has 0 bridgehead atoms. The zero-order chi connectivity index (χ0) is 12.4. The summed E-state index contributed by atoms with van der Waals surface area (Å²) >= 11 is 5.88. The first kappa shape index (κ1) is 12.1. The van der Waals surface area contributed by atoms with E-state index in [2.05, 4.69) is 11.6 Å². The zero-order valence-corrected chi connectivity index (χ0v) is 11.2. The minimum atomic E-state index is 0.0660. The molecular formula is C15H18ClNO. The van der Waals surface area contributed by atoms with Crippen molar-refractivity contribution in [2.45, 2.75) is 44.1 Å². The van der Waals surface area contributed by atoms with Crippen molar-refractivity contribution in [1.82, 2.24) is 5.48 Å². The molecule has 2 aliphatic rings. The van der Waals surface area contributed by atoms with E-state index in [1.54, 1.807) is 0 Å². The molecule has 3 heteroatoms. The highest BCUT2D eigenvalue weighted by Gasteiger charge is 2.39. The molecule has 0 atom stereocenters. The first-order valence-corrected chi connectivity index (χ1v) is 7.04. The normalized spacial score (nSPS) is 24.4. The lowest BCUT2D eigenvalue weighted by Gasteiger charge is -2.29. The lowest BCUT2D eigenvalue weighted by Crippen LogP contribution is -2.31. The summed E-state index contributed by atoms with van der Waals surface area (Å²) in [4.78, 5) is 5.85. The Bertz CT molecular complexity index is 446. The Balaban J connectivity index is 1.73. The van der Waals surface area contributed by atoms with E-state index in [9.17, 15) is 0 Å². The Morgan fingerprint density at radius 1 is 1.11 bits per heavy atom. The third-order valence-electron chi connectivity index (χ3n) is 3.89. The van der Waals surface area contributed by atoms with Gasteiger partial charge in [-0.25, -0.2) is 0 Å². The molecule has 2 nitrogen and oxygen atoms in total. The van der Waals surface area contributed by atoms with Gasteiger partial charge in [-0.2, -0.15) is 0 Å². The molecular weight excluding hydrogens is 246 g/mol. The molecule has 1 aromatic carbocycles. The van der Waals surface area contributed by atoms with Crippen LogP contribution >= 0.6 is 11.6 Å². The average Bonchev–Trinajstić information content (AvgIpc) is 2.76. The second-order valence-corrected chi connectivity index (χ2v) is 5.78. The van der Waals surface area contributed by atoms with E-state index < -0.39 is 0 Å². The summed E-state index contributed by atoms with van der Waals surface area (Å²) in [5.41, 5.74) is 5.52. The number of rotatable bonds is 1. The summed E-state index contributed by atoms with van der Waals surface area (Å²) in [7, 11) is 0. The van der Waals surface area contributed by atoms with Crippen molar-refractivity contribution in [3.05, 3.63) is 40.5 Å². The molecule has 1 spiro atoms. The fraction of sp³-hybridized carbons (Fsp3) is 0.467. The summed E-state index contributed by atoms with van der Waals surface area (Å²) in [5, 5.41) is 0.775. The highest BCUT2D eigenvalue weighted by molar-refractivity contribution is 6.30. The van der Waals surface area contributed by atoms with Crippen molar-refractivity contribution in [3.8, 4) is 0 Å². The molecule has 1 aliphatic carbocycles. The van der Waals surface area contributed by atoms with E-state index in [0.29, 0.717) is 0 Å². The number of hydrogen-bond acceptors (Lipinski definition) is 2. The van der Waals surface area contributed by atoms with Gasteiger partial charge in [0.15, 0.2) is 0 Å². The Hall–Kier alpha value is -0.990. The van der Waals surface area contributed by atoms with E-state index in [-0.39, 0.29) is 5.60 Å². The van der Waals surface area contributed by atoms with Crippen LogP contribution < -0.4 is 5.48 Å². The topological polar surface area (TPSA) is 21.3 Å². The quantitative estimate of drug-likeness (QED) is 0.815. The minimum Gasteiger partial charge on any atom is -0.270 e. The fourth-order valence-electron chi connectivity index (χ4n) is 2.91. The van der Waals surface area contributed by atoms with Crippen LogP contribution in [0, 0.1) is 0 Å². The smallest absolute Gasteiger partial charge is 0.101 e. The van der Waals surface area contributed by atoms with Gasteiger partial charge < -0.3 is 0 Å². The van der Waals surface area contributed by atoms with Gasteiger partial charge in [0.1, 0.15) is 5.60 Å². The average molecular weight is 264 g/mol. The fourth-order valence-corrected chi connectivity index (χ4v) is 3.03. The Kier molecular flexibility index (Phi) is 3.31. The SMILES string of the molecule is Clc1ccc(C=C2CC3(CCCCC3)ON2)cc1. The van der Waals surface area contributed by atoms with Crippen molar-refractivity contribution in [2.75, 3.05) is 0 Å². The van der Waals surface area contributed by atoms with Crippen LogP contribution in [0.2, 0.25) is 5.02 Å². The van der Waals surface area contributed by atoms with Crippen molar-refractivity contribution in [1.29, 1.82) is 0 Å². The zero-order valence-electron chi connectivity index (χ0n) is 10.4.